The highest BCUT2D eigenvalue weighted by molar-refractivity contribution is 6.18. The van der Waals surface area contributed by atoms with Crippen LogP contribution in [0, 0.1) is 0 Å². The molecule has 0 fully saturated rings. The quantitative estimate of drug-likeness (QED) is 0.173. The van der Waals surface area contributed by atoms with Crippen molar-refractivity contribution in [2.24, 2.45) is 0 Å². The Balaban J connectivity index is 1.08. The van der Waals surface area contributed by atoms with E-state index in [0.29, 0.717) is 17.6 Å². The Morgan fingerprint density at radius 2 is 0.800 bits per heavy atom. The third kappa shape index (κ3) is 5.51. The zero-order valence-corrected chi connectivity index (χ0v) is 34.9. The average Bonchev–Trinajstić information content (AvgIpc) is 4.02. The van der Waals surface area contributed by atoms with Gasteiger partial charge in [-0.1, -0.05) is 158 Å². The Morgan fingerprint density at radius 3 is 1.46 bits per heavy atom. The van der Waals surface area contributed by atoms with Crippen molar-refractivity contribution in [3.05, 3.63) is 212 Å². The molecule has 302 valence electrons. The van der Waals surface area contributed by atoms with Gasteiger partial charge < -0.3 is 8.98 Å². The molecular formula is C59H35N5O. The van der Waals surface area contributed by atoms with Gasteiger partial charge in [-0.05, 0) is 87.3 Å². The Morgan fingerprint density at radius 1 is 0.308 bits per heavy atom. The summed E-state index contributed by atoms with van der Waals surface area (Å²) in [5, 5.41) is 11.4. The van der Waals surface area contributed by atoms with Crippen LogP contribution in [0.3, 0.4) is 0 Å². The number of fused-ring (bicyclic) bond motifs is 11. The molecule has 4 aromatic heterocycles. The lowest BCUT2D eigenvalue weighted by Gasteiger charge is -2.14. The SMILES string of the molecule is c1ccc(-c2ccc(-c3nc(-c4cc(-n5c6ccccc6c6cc7ccccc7cc65)c5c(c4)oc4cc6ccccc6cc45)nc(-n4c5ccccc5c5ccccc54)n3)cc2)cc1. The third-order valence-electron chi connectivity index (χ3n) is 13.1. The second-order valence-corrected chi connectivity index (χ2v) is 16.8. The van der Waals surface area contributed by atoms with Crippen LogP contribution in [0.5, 0.6) is 0 Å². The predicted molar refractivity (Wildman–Crippen MR) is 267 cm³/mol. The van der Waals surface area contributed by atoms with E-state index in [2.05, 4.69) is 215 Å². The van der Waals surface area contributed by atoms with E-state index in [9.17, 15) is 0 Å². The lowest BCUT2D eigenvalue weighted by Crippen LogP contribution is -2.06. The van der Waals surface area contributed by atoms with Crippen molar-refractivity contribution < 1.29 is 4.42 Å². The maximum atomic E-state index is 6.95. The van der Waals surface area contributed by atoms with Gasteiger partial charge >= 0.3 is 0 Å². The third-order valence-corrected chi connectivity index (χ3v) is 13.1. The summed E-state index contributed by atoms with van der Waals surface area (Å²) in [5.41, 5.74) is 10.8. The molecule has 6 heteroatoms. The molecule has 0 aliphatic carbocycles. The Kier molecular flexibility index (Phi) is 7.59. The molecule has 0 bridgehead atoms. The number of benzene rings is 10. The Hall–Kier alpha value is -8.87. The van der Waals surface area contributed by atoms with Gasteiger partial charge in [-0.25, -0.2) is 4.98 Å². The minimum Gasteiger partial charge on any atom is -0.456 e. The molecule has 0 saturated carbocycles. The normalized spacial score (nSPS) is 12.0. The first-order valence-electron chi connectivity index (χ1n) is 21.9. The first-order chi connectivity index (χ1) is 32.2. The molecule has 0 aliphatic heterocycles. The van der Waals surface area contributed by atoms with E-state index < -0.39 is 0 Å². The van der Waals surface area contributed by atoms with Crippen molar-refractivity contribution >= 4 is 87.1 Å². The van der Waals surface area contributed by atoms with Gasteiger partial charge in [0.25, 0.3) is 0 Å². The van der Waals surface area contributed by atoms with Gasteiger partial charge in [0.1, 0.15) is 11.2 Å². The second kappa shape index (κ2) is 13.8. The van der Waals surface area contributed by atoms with Crippen molar-refractivity contribution in [3.63, 3.8) is 0 Å². The molecule has 0 N–H and O–H groups in total. The molecule has 6 nitrogen and oxygen atoms in total. The first kappa shape index (κ1) is 35.7. The van der Waals surface area contributed by atoms with E-state index in [1.165, 1.54) is 21.5 Å². The number of hydrogen-bond acceptors (Lipinski definition) is 4. The standard InChI is InChI=1S/C59H35N5O/c1-2-14-36(15-3-1)37-26-28-38(29-27-37)57-60-58(62-59(61-57)64-50-24-12-8-20-44(50)45-21-9-13-25-51(45)64)43-33-53(56-48-31-40-17-5-7-19-42(40)34-54(48)65-55(56)35-43)63-49-23-11-10-22-46(49)47-30-39-16-4-6-18-41(39)32-52(47)63/h1-35H. The summed E-state index contributed by atoms with van der Waals surface area (Å²) < 4.78 is 11.5. The maximum absolute atomic E-state index is 6.95. The van der Waals surface area contributed by atoms with Gasteiger partial charge in [-0.15, -0.1) is 0 Å². The molecule has 0 unspecified atom stereocenters. The zero-order valence-electron chi connectivity index (χ0n) is 34.9. The van der Waals surface area contributed by atoms with E-state index in [1.54, 1.807) is 0 Å². The summed E-state index contributed by atoms with van der Waals surface area (Å²) in [5.74, 6) is 1.65. The number of furan rings is 1. The summed E-state index contributed by atoms with van der Waals surface area (Å²) in [4.78, 5) is 16.1. The van der Waals surface area contributed by atoms with Crippen LogP contribution in [0.2, 0.25) is 0 Å². The van der Waals surface area contributed by atoms with Crippen molar-refractivity contribution in [1.29, 1.82) is 0 Å². The molecule has 0 spiro atoms. The average molecular weight is 830 g/mol. The Labute approximate surface area is 371 Å². The van der Waals surface area contributed by atoms with Gasteiger partial charge in [-0.2, -0.15) is 9.97 Å². The lowest BCUT2D eigenvalue weighted by atomic mass is 10.0. The van der Waals surface area contributed by atoms with Crippen LogP contribution in [0.25, 0.3) is 133 Å². The summed E-state index contributed by atoms with van der Waals surface area (Å²) in [6, 6.07) is 75.1. The van der Waals surface area contributed by atoms with Crippen LogP contribution in [0.4, 0.5) is 0 Å². The number of rotatable bonds is 5. The molecule has 14 aromatic rings. The minimum absolute atomic E-state index is 0.537. The number of hydrogen-bond donors (Lipinski definition) is 0. The molecular weight excluding hydrogens is 795 g/mol. The highest BCUT2D eigenvalue weighted by atomic mass is 16.3. The minimum atomic E-state index is 0.537. The molecule has 0 aliphatic rings. The van der Waals surface area contributed by atoms with Crippen molar-refractivity contribution in [2.75, 3.05) is 0 Å². The van der Waals surface area contributed by atoms with Gasteiger partial charge in [0.05, 0.1) is 33.1 Å². The summed E-state index contributed by atoms with van der Waals surface area (Å²) in [7, 11) is 0. The number of para-hydroxylation sites is 3. The fraction of sp³-hybridized carbons (Fsp3) is 0. The summed E-state index contributed by atoms with van der Waals surface area (Å²) in [6.45, 7) is 0. The zero-order chi connectivity index (χ0) is 42.6. The highest BCUT2D eigenvalue weighted by Gasteiger charge is 2.23. The van der Waals surface area contributed by atoms with Crippen molar-refractivity contribution in [2.45, 2.75) is 0 Å². The lowest BCUT2D eigenvalue weighted by molar-refractivity contribution is 0.669. The maximum Gasteiger partial charge on any atom is 0.238 e. The van der Waals surface area contributed by atoms with E-state index in [-0.39, 0.29) is 0 Å². The molecule has 0 saturated heterocycles. The fourth-order valence-corrected chi connectivity index (χ4v) is 10.1. The van der Waals surface area contributed by atoms with E-state index in [0.717, 1.165) is 93.5 Å². The van der Waals surface area contributed by atoms with Crippen molar-refractivity contribution in [1.82, 2.24) is 24.1 Å². The molecule has 4 heterocycles. The number of aromatic nitrogens is 5. The van der Waals surface area contributed by atoms with Crippen LogP contribution in [-0.4, -0.2) is 24.1 Å². The summed E-state index contributed by atoms with van der Waals surface area (Å²) >= 11 is 0. The molecule has 0 amide bonds. The van der Waals surface area contributed by atoms with Gasteiger partial charge in [0.2, 0.25) is 5.95 Å². The van der Waals surface area contributed by atoms with Gasteiger partial charge in [0.15, 0.2) is 11.6 Å². The summed E-state index contributed by atoms with van der Waals surface area (Å²) in [6.07, 6.45) is 0. The topological polar surface area (TPSA) is 61.7 Å². The number of nitrogens with zero attached hydrogens (tertiary/aromatic N) is 5. The Bertz CT molecular complexity index is 4180. The van der Waals surface area contributed by atoms with Crippen molar-refractivity contribution in [3.8, 4) is 45.5 Å². The molecule has 14 rings (SSSR count). The molecule has 65 heavy (non-hydrogen) atoms. The van der Waals surface area contributed by atoms with Crippen LogP contribution >= 0.6 is 0 Å². The van der Waals surface area contributed by atoms with Crippen LogP contribution < -0.4 is 0 Å². The first-order valence-corrected chi connectivity index (χ1v) is 21.9. The largest absolute Gasteiger partial charge is 0.456 e. The molecule has 10 aromatic carbocycles. The monoisotopic (exact) mass is 829 g/mol. The van der Waals surface area contributed by atoms with Crippen LogP contribution in [0.15, 0.2) is 217 Å². The smallest absolute Gasteiger partial charge is 0.238 e. The fourth-order valence-electron chi connectivity index (χ4n) is 10.1. The van der Waals surface area contributed by atoms with E-state index >= 15 is 0 Å². The van der Waals surface area contributed by atoms with Crippen LogP contribution in [0.1, 0.15) is 0 Å². The van der Waals surface area contributed by atoms with Gasteiger partial charge in [0, 0.05) is 38.1 Å². The highest BCUT2D eigenvalue weighted by Crippen LogP contribution is 2.43. The van der Waals surface area contributed by atoms with E-state index in [4.69, 9.17) is 19.4 Å². The predicted octanol–water partition coefficient (Wildman–Crippen LogP) is 15.3. The molecule has 0 atom stereocenters. The second-order valence-electron chi connectivity index (χ2n) is 16.8. The van der Waals surface area contributed by atoms with E-state index in [1.807, 2.05) is 6.07 Å². The van der Waals surface area contributed by atoms with Gasteiger partial charge in [-0.3, -0.25) is 4.57 Å². The molecule has 0 radical (unpaired) electrons. The van der Waals surface area contributed by atoms with Crippen LogP contribution in [-0.2, 0) is 0 Å².